The van der Waals surface area contributed by atoms with E-state index < -0.39 is 0 Å². The zero-order valence-corrected chi connectivity index (χ0v) is 14.6. The molecule has 5 nitrogen and oxygen atoms in total. The summed E-state index contributed by atoms with van der Waals surface area (Å²) in [6, 6.07) is -0.341. The van der Waals surface area contributed by atoms with Gasteiger partial charge in [0, 0.05) is 25.4 Å². The average molecular weight is 317 g/mol. The van der Waals surface area contributed by atoms with E-state index in [1.807, 2.05) is 13.2 Å². The predicted molar refractivity (Wildman–Crippen MR) is 88.6 cm³/mol. The van der Waals surface area contributed by atoms with Gasteiger partial charge >= 0.3 is 0 Å². The summed E-state index contributed by atoms with van der Waals surface area (Å²) >= 11 is 0. The minimum absolute atomic E-state index is 0. The zero-order chi connectivity index (χ0) is 15.2. The van der Waals surface area contributed by atoms with Crippen LogP contribution in [-0.4, -0.2) is 29.3 Å². The van der Waals surface area contributed by atoms with E-state index in [0.717, 1.165) is 31.4 Å². The number of likely N-dealkylation sites (N-methyl/N-ethyl adjacent to an activating group) is 1. The van der Waals surface area contributed by atoms with Crippen LogP contribution in [-0.2, 0) is 11.8 Å². The van der Waals surface area contributed by atoms with E-state index in [-0.39, 0.29) is 29.8 Å². The molecule has 1 heterocycles. The summed E-state index contributed by atoms with van der Waals surface area (Å²) in [5.41, 5.74) is 1.10. The van der Waals surface area contributed by atoms with Crippen molar-refractivity contribution in [3.05, 3.63) is 18.0 Å². The second-order valence-electron chi connectivity index (χ2n) is 5.45. The van der Waals surface area contributed by atoms with Gasteiger partial charge < -0.3 is 10.6 Å². The maximum Gasteiger partial charge on any atom is 0.241 e. The van der Waals surface area contributed by atoms with Crippen LogP contribution >= 0.6 is 12.4 Å². The fourth-order valence-electron chi connectivity index (χ4n) is 2.54. The Kier molecular flexibility index (Phi) is 8.59. The minimum atomic E-state index is -0.341. The van der Waals surface area contributed by atoms with Crippen molar-refractivity contribution in [2.75, 3.05) is 13.6 Å². The first-order valence-corrected chi connectivity index (χ1v) is 7.45. The van der Waals surface area contributed by atoms with Crippen LogP contribution in [0.5, 0.6) is 0 Å². The third-order valence-electron chi connectivity index (χ3n) is 4.50. The van der Waals surface area contributed by atoms with Crippen LogP contribution < -0.4 is 10.6 Å². The van der Waals surface area contributed by atoms with Gasteiger partial charge in [0.05, 0.1) is 6.20 Å². The molecule has 1 atom stereocenters. The van der Waals surface area contributed by atoms with Crippen LogP contribution in [0.3, 0.4) is 0 Å². The summed E-state index contributed by atoms with van der Waals surface area (Å²) < 4.78 is 1.71. The Morgan fingerprint density at radius 2 is 1.90 bits per heavy atom. The first kappa shape index (κ1) is 19.9. The quantitative estimate of drug-likeness (QED) is 0.774. The highest BCUT2D eigenvalue weighted by Gasteiger charge is 2.27. The standard InChI is InChI=1S/C15H28N4O.ClH/c1-6-15(7-2,8-3)11-17-14(20)13(16-4)12-9-18-19(5)10-12;/h9-10,13,16H,6-8,11H2,1-5H3,(H,17,20);1H. The highest BCUT2D eigenvalue weighted by Crippen LogP contribution is 2.29. The van der Waals surface area contributed by atoms with E-state index in [1.165, 1.54) is 0 Å². The van der Waals surface area contributed by atoms with Crippen molar-refractivity contribution < 1.29 is 4.79 Å². The van der Waals surface area contributed by atoms with Crippen molar-refractivity contribution >= 4 is 18.3 Å². The Hall–Kier alpha value is -1.07. The topological polar surface area (TPSA) is 59.0 Å². The number of aryl methyl sites for hydroxylation is 1. The Morgan fingerprint density at radius 3 is 2.29 bits per heavy atom. The molecule has 0 aliphatic rings. The maximum absolute atomic E-state index is 12.4. The van der Waals surface area contributed by atoms with Gasteiger partial charge in [0.2, 0.25) is 5.91 Å². The van der Waals surface area contributed by atoms with Crippen LogP contribution in [0.15, 0.2) is 12.4 Å². The van der Waals surface area contributed by atoms with Crippen LogP contribution in [0.25, 0.3) is 0 Å². The molecule has 0 spiro atoms. The van der Waals surface area contributed by atoms with Crippen molar-refractivity contribution in [2.45, 2.75) is 46.1 Å². The van der Waals surface area contributed by atoms with Crippen LogP contribution in [0.4, 0.5) is 0 Å². The number of carbonyl (C=O) groups is 1. The normalized spacial score (nSPS) is 12.6. The first-order valence-electron chi connectivity index (χ1n) is 7.45. The molecular weight excluding hydrogens is 288 g/mol. The molecule has 2 N–H and O–H groups in total. The Labute approximate surface area is 134 Å². The molecule has 0 aromatic carbocycles. The van der Waals surface area contributed by atoms with E-state index in [1.54, 1.807) is 17.9 Å². The molecule has 1 aromatic heterocycles. The molecule has 0 aliphatic carbocycles. The number of carbonyl (C=O) groups excluding carboxylic acids is 1. The second kappa shape index (κ2) is 9.05. The van der Waals surface area contributed by atoms with Gasteiger partial charge in [-0.05, 0) is 31.7 Å². The number of nitrogens with one attached hydrogen (secondary N) is 2. The van der Waals surface area contributed by atoms with Crippen molar-refractivity contribution in [3.8, 4) is 0 Å². The average Bonchev–Trinajstić information content (AvgIpc) is 2.88. The molecule has 1 aromatic rings. The predicted octanol–water partition coefficient (Wildman–Crippen LogP) is 2.44. The third-order valence-corrected chi connectivity index (χ3v) is 4.50. The van der Waals surface area contributed by atoms with E-state index in [0.29, 0.717) is 0 Å². The van der Waals surface area contributed by atoms with Gasteiger partial charge in [-0.3, -0.25) is 9.48 Å². The number of hydrogen-bond acceptors (Lipinski definition) is 3. The van der Waals surface area contributed by atoms with Gasteiger partial charge in [-0.1, -0.05) is 20.8 Å². The van der Waals surface area contributed by atoms with Gasteiger partial charge in [-0.2, -0.15) is 5.10 Å². The van der Waals surface area contributed by atoms with Crippen LogP contribution in [0, 0.1) is 5.41 Å². The molecule has 0 aliphatic heterocycles. The van der Waals surface area contributed by atoms with Crippen LogP contribution in [0.1, 0.15) is 51.6 Å². The number of halogens is 1. The summed E-state index contributed by atoms with van der Waals surface area (Å²) in [4.78, 5) is 12.4. The third kappa shape index (κ3) is 5.00. The minimum Gasteiger partial charge on any atom is -0.354 e. The van der Waals surface area contributed by atoms with Crippen molar-refractivity contribution in [3.63, 3.8) is 0 Å². The summed E-state index contributed by atoms with van der Waals surface area (Å²) in [7, 11) is 3.65. The Bertz CT molecular complexity index is 421. The molecule has 0 fully saturated rings. The number of nitrogens with zero attached hydrogens (tertiary/aromatic N) is 2. The highest BCUT2D eigenvalue weighted by atomic mass is 35.5. The lowest BCUT2D eigenvalue weighted by Crippen LogP contribution is -2.42. The van der Waals surface area contributed by atoms with Gasteiger partial charge in [0.1, 0.15) is 6.04 Å². The van der Waals surface area contributed by atoms with Gasteiger partial charge in [-0.15, -0.1) is 12.4 Å². The highest BCUT2D eigenvalue weighted by molar-refractivity contribution is 5.85. The van der Waals surface area contributed by atoms with Crippen molar-refractivity contribution in [2.24, 2.45) is 12.5 Å². The summed E-state index contributed by atoms with van der Waals surface area (Å²) in [6.45, 7) is 7.30. The fraction of sp³-hybridized carbons (Fsp3) is 0.733. The molecule has 0 saturated heterocycles. The lowest BCUT2D eigenvalue weighted by Gasteiger charge is -2.31. The molecule has 0 bridgehead atoms. The first-order chi connectivity index (χ1) is 9.51. The maximum atomic E-state index is 12.4. The molecule has 1 rings (SSSR count). The lowest BCUT2D eigenvalue weighted by molar-refractivity contribution is -0.123. The molecule has 6 heteroatoms. The van der Waals surface area contributed by atoms with E-state index in [9.17, 15) is 4.79 Å². The smallest absolute Gasteiger partial charge is 0.241 e. The molecule has 0 saturated carbocycles. The molecule has 122 valence electrons. The molecule has 1 amide bonds. The molecule has 21 heavy (non-hydrogen) atoms. The molecule has 1 unspecified atom stereocenters. The number of hydrogen-bond donors (Lipinski definition) is 2. The number of rotatable bonds is 8. The largest absolute Gasteiger partial charge is 0.354 e. The van der Waals surface area contributed by atoms with E-state index >= 15 is 0 Å². The summed E-state index contributed by atoms with van der Waals surface area (Å²) in [5.74, 6) is 0.0141. The zero-order valence-electron chi connectivity index (χ0n) is 13.8. The van der Waals surface area contributed by atoms with Gasteiger partial charge in [0.15, 0.2) is 0 Å². The lowest BCUT2D eigenvalue weighted by atomic mass is 9.80. The number of amides is 1. The van der Waals surface area contributed by atoms with Gasteiger partial charge in [0.25, 0.3) is 0 Å². The van der Waals surface area contributed by atoms with Crippen molar-refractivity contribution in [1.29, 1.82) is 0 Å². The second-order valence-corrected chi connectivity index (χ2v) is 5.45. The number of aromatic nitrogens is 2. The Morgan fingerprint density at radius 1 is 1.33 bits per heavy atom. The summed E-state index contributed by atoms with van der Waals surface area (Å²) in [5, 5.41) is 10.3. The summed E-state index contributed by atoms with van der Waals surface area (Å²) in [6.07, 6.45) is 6.84. The SMILES string of the molecule is CCC(CC)(CC)CNC(=O)C(NC)c1cnn(C)c1.Cl. The fourth-order valence-corrected chi connectivity index (χ4v) is 2.54. The van der Waals surface area contributed by atoms with Gasteiger partial charge in [-0.25, -0.2) is 0 Å². The molecule has 0 radical (unpaired) electrons. The van der Waals surface area contributed by atoms with Crippen LogP contribution in [0.2, 0.25) is 0 Å². The van der Waals surface area contributed by atoms with E-state index in [2.05, 4.69) is 36.5 Å². The monoisotopic (exact) mass is 316 g/mol. The van der Waals surface area contributed by atoms with Crippen molar-refractivity contribution in [1.82, 2.24) is 20.4 Å². The van der Waals surface area contributed by atoms with E-state index in [4.69, 9.17) is 0 Å². The molecular formula is C15H29ClN4O. The Balaban J connectivity index is 0.00000400.